The number of carbonyl (C=O) groups is 1. The average Bonchev–Trinajstić information content (AvgIpc) is 2.90. The van der Waals surface area contributed by atoms with Crippen molar-refractivity contribution in [1.29, 1.82) is 0 Å². The molecule has 0 unspecified atom stereocenters. The number of halogens is 2. The van der Waals surface area contributed by atoms with Gasteiger partial charge in [-0.15, -0.1) is 0 Å². The lowest BCUT2D eigenvalue weighted by molar-refractivity contribution is -0.140. The molecule has 1 N–H and O–H groups in total. The Kier molecular flexibility index (Phi) is 5.03. The van der Waals surface area contributed by atoms with Crippen LogP contribution in [0, 0.1) is 11.6 Å². The second-order valence-electron chi connectivity index (χ2n) is 4.64. The zero-order chi connectivity index (χ0) is 14.5. The van der Waals surface area contributed by atoms with Crippen LogP contribution >= 0.6 is 0 Å². The molecule has 0 spiro atoms. The molecule has 1 aliphatic heterocycles. The van der Waals surface area contributed by atoms with Gasteiger partial charge in [-0.05, 0) is 24.1 Å². The molecule has 1 saturated heterocycles. The number of hydrogen-bond donors (Lipinski definition) is 1. The van der Waals surface area contributed by atoms with Crippen LogP contribution in [0.5, 0.6) is 0 Å². The minimum absolute atomic E-state index is 0.0236. The highest BCUT2D eigenvalue weighted by molar-refractivity contribution is 5.69. The summed E-state index contributed by atoms with van der Waals surface area (Å²) in [5, 5.41) is 3.19. The van der Waals surface area contributed by atoms with Crippen LogP contribution in [0.2, 0.25) is 0 Å². The summed E-state index contributed by atoms with van der Waals surface area (Å²) < 4.78 is 36.3. The largest absolute Gasteiger partial charge is 0.469 e. The van der Waals surface area contributed by atoms with Gasteiger partial charge in [0.1, 0.15) is 0 Å². The van der Waals surface area contributed by atoms with Crippen LogP contribution in [0.4, 0.5) is 8.78 Å². The molecule has 1 fully saturated rings. The Balaban J connectivity index is 1.96. The van der Waals surface area contributed by atoms with Gasteiger partial charge in [-0.25, -0.2) is 8.78 Å². The predicted molar refractivity (Wildman–Crippen MR) is 68.1 cm³/mol. The highest BCUT2D eigenvalue weighted by Gasteiger charge is 2.29. The van der Waals surface area contributed by atoms with Gasteiger partial charge in [0.05, 0.1) is 19.6 Å². The van der Waals surface area contributed by atoms with Crippen molar-refractivity contribution in [3.05, 3.63) is 35.4 Å². The van der Waals surface area contributed by atoms with Crippen LogP contribution in [-0.4, -0.2) is 32.3 Å². The maximum atomic E-state index is 13.3. The van der Waals surface area contributed by atoms with Gasteiger partial charge >= 0.3 is 5.97 Å². The van der Waals surface area contributed by atoms with Gasteiger partial charge in [0.2, 0.25) is 0 Å². The quantitative estimate of drug-likeness (QED) is 0.840. The standard InChI is InChI=1S/C14H17F2NO3/c1-19-13(18)4-6-17-12-5-7-20-14(12)9-2-3-10(15)11(16)8-9/h2-3,8,12,14,17H,4-7H2,1H3/t12-,14+/m1/s1. The molecular weight excluding hydrogens is 268 g/mol. The highest BCUT2D eigenvalue weighted by atomic mass is 19.2. The average molecular weight is 285 g/mol. The predicted octanol–water partition coefficient (Wildman–Crippen LogP) is 1.95. The van der Waals surface area contributed by atoms with Crippen LogP contribution in [0.15, 0.2) is 18.2 Å². The van der Waals surface area contributed by atoms with Crippen LogP contribution < -0.4 is 5.32 Å². The van der Waals surface area contributed by atoms with Crippen molar-refractivity contribution >= 4 is 5.97 Å². The smallest absolute Gasteiger partial charge is 0.306 e. The van der Waals surface area contributed by atoms with E-state index in [1.807, 2.05) is 0 Å². The molecule has 0 bridgehead atoms. The first-order valence-electron chi connectivity index (χ1n) is 6.48. The minimum Gasteiger partial charge on any atom is -0.469 e. The zero-order valence-electron chi connectivity index (χ0n) is 11.2. The molecule has 20 heavy (non-hydrogen) atoms. The summed E-state index contributed by atoms with van der Waals surface area (Å²) in [6.45, 7) is 1.00. The van der Waals surface area contributed by atoms with Crippen molar-refractivity contribution in [3.63, 3.8) is 0 Å². The fourth-order valence-electron chi connectivity index (χ4n) is 2.28. The number of nitrogens with one attached hydrogen (secondary N) is 1. The number of hydrogen-bond acceptors (Lipinski definition) is 4. The van der Waals surface area contributed by atoms with E-state index in [1.165, 1.54) is 13.2 Å². The molecule has 0 aromatic heterocycles. The van der Waals surface area contributed by atoms with Gasteiger partial charge in [-0.3, -0.25) is 4.79 Å². The minimum atomic E-state index is -0.883. The van der Waals surface area contributed by atoms with E-state index in [4.69, 9.17) is 4.74 Å². The third-order valence-electron chi connectivity index (χ3n) is 3.33. The van der Waals surface area contributed by atoms with E-state index in [2.05, 4.69) is 10.1 Å². The highest BCUT2D eigenvalue weighted by Crippen LogP contribution is 2.29. The maximum Gasteiger partial charge on any atom is 0.306 e. The molecule has 4 nitrogen and oxygen atoms in total. The van der Waals surface area contributed by atoms with Crippen LogP contribution in [0.1, 0.15) is 24.5 Å². The first-order valence-corrected chi connectivity index (χ1v) is 6.48. The van der Waals surface area contributed by atoms with Gasteiger partial charge in [0.15, 0.2) is 11.6 Å². The summed E-state index contributed by atoms with van der Waals surface area (Å²) in [7, 11) is 1.34. The van der Waals surface area contributed by atoms with Crippen molar-refractivity contribution in [2.24, 2.45) is 0 Å². The van der Waals surface area contributed by atoms with Crippen LogP contribution in [0.25, 0.3) is 0 Å². The number of benzene rings is 1. The summed E-state index contributed by atoms with van der Waals surface area (Å²) >= 11 is 0. The van der Waals surface area contributed by atoms with E-state index >= 15 is 0 Å². The third kappa shape index (κ3) is 3.52. The molecule has 0 saturated carbocycles. The number of rotatable bonds is 5. The third-order valence-corrected chi connectivity index (χ3v) is 3.33. The summed E-state index contributed by atoms with van der Waals surface area (Å²) in [5.41, 5.74) is 0.594. The molecule has 0 radical (unpaired) electrons. The maximum absolute atomic E-state index is 13.3. The van der Waals surface area contributed by atoms with Gasteiger partial charge in [-0.1, -0.05) is 6.07 Å². The molecule has 1 heterocycles. The monoisotopic (exact) mass is 285 g/mol. The van der Waals surface area contributed by atoms with Crippen molar-refractivity contribution in [3.8, 4) is 0 Å². The van der Waals surface area contributed by atoms with Gasteiger partial charge in [-0.2, -0.15) is 0 Å². The normalized spacial score (nSPS) is 21.9. The van der Waals surface area contributed by atoms with Crippen LogP contribution in [0.3, 0.4) is 0 Å². The number of methoxy groups -OCH3 is 1. The van der Waals surface area contributed by atoms with Crippen molar-refractivity contribution in [2.45, 2.75) is 25.0 Å². The lowest BCUT2D eigenvalue weighted by Gasteiger charge is -2.20. The van der Waals surface area contributed by atoms with Crippen molar-refractivity contribution < 1.29 is 23.0 Å². The van der Waals surface area contributed by atoms with Gasteiger partial charge < -0.3 is 14.8 Å². The topological polar surface area (TPSA) is 47.6 Å². The second kappa shape index (κ2) is 6.76. The van der Waals surface area contributed by atoms with E-state index in [-0.39, 0.29) is 24.5 Å². The fraction of sp³-hybridized carbons (Fsp3) is 0.500. The molecule has 6 heteroatoms. The Morgan fingerprint density at radius 3 is 2.95 bits per heavy atom. The number of carbonyl (C=O) groups excluding carboxylic acids is 1. The lowest BCUT2D eigenvalue weighted by atomic mass is 10.0. The van der Waals surface area contributed by atoms with Crippen molar-refractivity contribution in [1.82, 2.24) is 5.32 Å². The Morgan fingerprint density at radius 1 is 1.45 bits per heavy atom. The van der Waals surface area contributed by atoms with E-state index in [0.717, 1.165) is 18.6 Å². The molecule has 0 amide bonds. The molecule has 1 aromatic rings. The fourth-order valence-corrected chi connectivity index (χ4v) is 2.28. The number of ether oxygens (including phenoxy) is 2. The summed E-state index contributed by atoms with van der Waals surface area (Å²) in [4.78, 5) is 11.0. The number of esters is 1. The molecule has 1 aliphatic rings. The van der Waals surface area contributed by atoms with Crippen LogP contribution in [-0.2, 0) is 14.3 Å². The second-order valence-corrected chi connectivity index (χ2v) is 4.64. The molecule has 110 valence electrons. The van der Waals surface area contributed by atoms with E-state index in [0.29, 0.717) is 18.7 Å². The van der Waals surface area contributed by atoms with Gasteiger partial charge in [0.25, 0.3) is 0 Å². The first kappa shape index (κ1) is 14.9. The molecule has 0 aliphatic carbocycles. The van der Waals surface area contributed by atoms with E-state index < -0.39 is 11.6 Å². The summed E-state index contributed by atoms with van der Waals surface area (Å²) in [6.07, 6.45) is 0.685. The summed E-state index contributed by atoms with van der Waals surface area (Å²) in [6, 6.07) is 3.74. The zero-order valence-corrected chi connectivity index (χ0v) is 11.2. The molecule has 2 atom stereocenters. The Hall–Kier alpha value is -1.53. The van der Waals surface area contributed by atoms with E-state index in [1.54, 1.807) is 0 Å². The Bertz CT molecular complexity index is 481. The van der Waals surface area contributed by atoms with E-state index in [9.17, 15) is 13.6 Å². The first-order chi connectivity index (χ1) is 9.61. The molecular formula is C14H17F2NO3. The molecule has 1 aromatic carbocycles. The Labute approximate surface area is 116 Å². The molecule has 2 rings (SSSR count). The van der Waals surface area contributed by atoms with Gasteiger partial charge in [0, 0.05) is 19.2 Å². The van der Waals surface area contributed by atoms with Crippen molar-refractivity contribution in [2.75, 3.05) is 20.3 Å². The Morgan fingerprint density at radius 2 is 2.25 bits per heavy atom. The summed E-state index contributed by atoms with van der Waals surface area (Å²) in [5.74, 6) is -2.05. The lowest BCUT2D eigenvalue weighted by Crippen LogP contribution is -2.33. The SMILES string of the molecule is COC(=O)CCN[C@@H]1CCO[C@H]1c1ccc(F)c(F)c1.